The second-order valence-electron chi connectivity index (χ2n) is 5.77. The molecular weight excluding hydrogens is 306 g/mol. The summed E-state index contributed by atoms with van der Waals surface area (Å²) in [5, 5.41) is 0. The van der Waals surface area contributed by atoms with Crippen LogP contribution in [0.1, 0.15) is 23.7 Å². The third-order valence-electron chi connectivity index (χ3n) is 4.02. The Kier molecular flexibility index (Phi) is 4.42. The van der Waals surface area contributed by atoms with Gasteiger partial charge >= 0.3 is 5.97 Å². The van der Waals surface area contributed by atoms with Crippen molar-refractivity contribution in [3.63, 3.8) is 0 Å². The van der Waals surface area contributed by atoms with Crippen LogP contribution in [0, 0.1) is 5.92 Å². The van der Waals surface area contributed by atoms with Crippen LogP contribution in [0.25, 0.3) is 11.1 Å². The number of carbonyl (C=O) groups is 3. The monoisotopic (exact) mass is 323 g/mol. The lowest BCUT2D eigenvalue weighted by molar-refractivity contribution is -0.143. The van der Waals surface area contributed by atoms with Crippen LogP contribution in [0.3, 0.4) is 0 Å². The molecule has 1 aliphatic rings. The Balaban J connectivity index is 1.64. The molecule has 2 aromatic carbocycles. The molecule has 1 atom stereocenters. The van der Waals surface area contributed by atoms with Crippen LogP contribution in [0.2, 0.25) is 0 Å². The van der Waals surface area contributed by atoms with E-state index in [1.165, 1.54) is 0 Å². The molecule has 0 spiro atoms. The first-order valence-corrected chi connectivity index (χ1v) is 7.73. The van der Waals surface area contributed by atoms with Gasteiger partial charge in [0.1, 0.15) is 0 Å². The summed E-state index contributed by atoms with van der Waals surface area (Å²) in [6.45, 7) is 1.35. The molecule has 0 N–H and O–H groups in total. The van der Waals surface area contributed by atoms with Gasteiger partial charge in [0, 0.05) is 12.3 Å². The zero-order valence-corrected chi connectivity index (χ0v) is 13.3. The first-order chi connectivity index (χ1) is 11.6. The molecule has 1 heterocycles. The second kappa shape index (κ2) is 6.66. The van der Waals surface area contributed by atoms with E-state index in [4.69, 9.17) is 4.74 Å². The molecule has 122 valence electrons. The average molecular weight is 323 g/mol. The SMILES string of the molecule is CC1CC(=O)N(COC(=O)c2ccc(-c3ccccc3)cc2)C1=O. The van der Waals surface area contributed by atoms with Gasteiger partial charge in [-0.15, -0.1) is 0 Å². The summed E-state index contributed by atoms with van der Waals surface area (Å²) in [5.41, 5.74) is 2.42. The van der Waals surface area contributed by atoms with Gasteiger partial charge in [0.15, 0.2) is 6.73 Å². The van der Waals surface area contributed by atoms with Crippen LogP contribution < -0.4 is 0 Å². The van der Waals surface area contributed by atoms with Gasteiger partial charge in [0.2, 0.25) is 11.8 Å². The Morgan fingerprint density at radius 2 is 1.67 bits per heavy atom. The van der Waals surface area contributed by atoms with Crippen molar-refractivity contribution >= 4 is 17.8 Å². The van der Waals surface area contributed by atoms with Gasteiger partial charge in [-0.2, -0.15) is 0 Å². The number of hydrogen-bond donors (Lipinski definition) is 0. The number of nitrogens with zero attached hydrogens (tertiary/aromatic N) is 1. The van der Waals surface area contributed by atoms with Gasteiger partial charge in [0.05, 0.1) is 5.56 Å². The summed E-state index contributed by atoms with van der Waals surface area (Å²) in [4.78, 5) is 36.5. The van der Waals surface area contributed by atoms with Gasteiger partial charge in [-0.05, 0) is 23.3 Å². The molecule has 2 aromatic rings. The second-order valence-corrected chi connectivity index (χ2v) is 5.77. The summed E-state index contributed by atoms with van der Waals surface area (Å²) in [6.07, 6.45) is 0.169. The molecule has 3 rings (SSSR count). The van der Waals surface area contributed by atoms with E-state index in [-0.39, 0.29) is 30.9 Å². The molecule has 2 amide bonds. The van der Waals surface area contributed by atoms with Crippen molar-refractivity contribution in [2.75, 3.05) is 6.73 Å². The Bertz CT molecular complexity index is 768. The summed E-state index contributed by atoms with van der Waals surface area (Å²) < 4.78 is 5.09. The minimum atomic E-state index is -0.560. The van der Waals surface area contributed by atoms with Gasteiger partial charge in [-0.1, -0.05) is 49.4 Å². The van der Waals surface area contributed by atoms with Crippen molar-refractivity contribution in [2.45, 2.75) is 13.3 Å². The summed E-state index contributed by atoms with van der Waals surface area (Å²) >= 11 is 0. The number of carbonyl (C=O) groups excluding carboxylic acids is 3. The molecule has 0 saturated carbocycles. The largest absolute Gasteiger partial charge is 0.440 e. The van der Waals surface area contributed by atoms with Crippen molar-refractivity contribution in [3.8, 4) is 11.1 Å². The van der Waals surface area contributed by atoms with Crippen molar-refractivity contribution < 1.29 is 19.1 Å². The number of hydrogen-bond acceptors (Lipinski definition) is 4. The number of benzene rings is 2. The van der Waals surface area contributed by atoms with E-state index in [0.717, 1.165) is 16.0 Å². The lowest BCUT2D eigenvalue weighted by atomic mass is 10.0. The van der Waals surface area contributed by atoms with Crippen LogP contribution in [0.15, 0.2) is 54.6 Å². The highest BCUT2D eigenvalue weighted by atomic mass is 16.5. The van der Waals surface area contributed by atoms with Crippen molar-refractivity contribution in [2.24, 2.45) is 5.92 Å². The average Bonchev–Trinajstić information content (AvgIpc) is 2.86. The van der Waals surface area contributed by atoms with E-state index in [0.29, 0.717) is 5.56 Å². The Morgan fingerprint density at radius 1 is 1.04 bits per heavy atom. The predicted molar refractivity (Wildman–Crippen MR) is 87.8 cm³/mol. The quantitative estimate of drug-likeness (QED) is 0.641. The molecule has 1 aliphatic heterocycles. The molecule has 0 bridgehead atoms. The summed E-state index contributed by atoms with van der Waals surface area (Å²) in [6, 6.07) is 16.8. The number of likely N-dealkylation sites (tertiary alicyclic amines) is 1. The third kappa shape index (κ3) is 3.20. The van der Waals surface area contributed by atoms with Crippen LogP contribution in [-0.2, 0) is 14.3 Å². The van der Waals surface area contributed by atoms with Gasteiger partial charge in [0.25, 0.3) is 0 Å². The van der Waals surface area contributed by atoms with E-state index >= 15 is 0 Å². The molecule has 1 saturated heterocycles. The fourth-order valence-electron chi connectivity index (χ4n) is 2.62. The maximum Gasteiger partial charge on any atom is 0.339 e. The number of imide groups is 1. The highest BCUT2D eigenvalue weighted by molar-refractivity contribution is 6.03. The molecule has 1 unspecified atom stereocenters. The highest BCUT2D eigenvalue weighted by Gasteiger charge is 2.36. The van der Waals surface area contributed by atoms with Crippen LogP contribution in [0.5, 0.6) is 0 Å². The van der Waals surface area contributed by atoms with E-state index in [9.17, 15) is 14.4 Å². The standard InChI is InChI=1S/C19H17NO4/c1-13-11-17(21)20(18(13)22)12-24-19(23)16-9-7-15(8-10-16)14-5-3-2-4-6-14/h2-10,13H,11-12H2,1H3. The molecule has 1 fully saturated rings. The fourth-order valence-corrected chi connectivity index (χ4v) is 2.62. The number of rotatable bonds is 4. The number of esters is 1. The van der Waals surface area contributed by atoms with E-state index in [2.05, 4.69) is 0 Å². The molecular formula is C19H17NO4. The van der Waals surface area contributed by atoms with Crippen LogP contribution in [-0.4, -0.2) is 29.4 Å². The summed E-state index contributed by atoms with van der Waals surface area (Å²) in [5.74, 6) is -1.51. The van der Waals surface area contributed by atoms with Gasteiger partial charge < -0.3 is 4.74 Å². The molecule has 0 aliphatic carbocycles. The number of ether oxygens (including phenoxy) is 1. The Labute approximate surface area is 139 Å². The first kappa shape index (κ1) is 15.9. The maximum absolute atomic E-state index is 12.1. The third-order valence-corrected chi connectivity index (χ3v) is 4.02. The van der Waals surface area contributed by atoms with Crippen molar-refractivity contribution in [1.82, 2.24) is 4.90 Å². The Hall–Kier alpha value is -2.95. The molecule has 0 aromatic heterocycles. The smallest absolute Gasteiger partial charge is 0.339 e. The van der Waals surface area contributed by atoms with Crippen LogP contribution in [0.4, 0.5) is 0 Å². The normalized spacial score (nSPS) is 17.2. The first-order valence-electron chi connectivity index (χ1n) is 7.73. The number of amides is 2. The van der Waals surface area contributed by atoms with Gasteiger partial charge in [-0.3, -0.25) is 9.59 Å². The minimum Gasteiger partial charge on any atom is -0.440 e. The van der Waals surface area contributed by atoms with Crippen molar-refractivity contribution in [3.05, 3.63) is 60.2 Å². The van der Waals surface area contributed by atoms with E-state index in [1.807, 2.05) is 42.5 Å². The fraction of sp³-hybridized carbons (Fsp3) is 0.211. The van der Waals surface area contributed by atoms with Gasteiger partial charge in [-0.25, -0.2) is 9.69 Å². The lowest BCUT2D eigenvalue weighted by Gasteiger charge is -2.14. The molecule has 24 heavy (non-hydrogen) atoms. The summed E-state index contributed by atoms with van der Waals surface area (Å²) in [7, 11) is 0. The Morgan fingerprint density at radius 3 is 2.25 bits per heavy atom. The highest BCUT2D eigenvalue weighted by Crippen LogP contribution is 2.21. The molecule has 5 heteroatoms. The van der Waals surface area contributed by atoms with E-state index < -0.39 is 5.97 Å². The topological polar surface area (TPSA) is 63.7 Å². The lowest BCUT2D eigenvalue weighted by Crippen LogP contribution is -2.33. The molecule has 5 nitrogen and oxygen atoms in total. The zero-order chi connectivity index (χ0) is 17.1. The predicted octanol–water partition coefficient (Wildman–Crippen LogP) is 2.86. The van der Waals surface area contributed by atoms with E-state index in [1.54, 1.807) is 19.1 Å². The minimum absolute atomic E-state index is 0.169. The zero-order valence-electron chi connectivity index (χ0n) is 13.3. The van der Waals surface area contributed by atoms with Crippen molar-refractivity contribution in [1.29, 1.82) is 0 Å². The van der Waals surface area contributed by atoms with Crippen LogP contribution >= 0.6 is 0 Å². The molecule has 0 radical (unpaired) electrons. The maximum atomic E-state index is 12.1.